The van der Waals surface area contributed by atoms with Gasteiger partial charge in [-0.1, -0.05) is 140 Å². The van der Waals surface area contributed by atoms with E-state index in [2.05, 4.69) is 204 Å². The van der Waals surface area contributed by atoms with Crippen molar-refractivity contribution in [1.29, 1.82) is 0 Å². The quantitative estimate of drug-likeness (QED) is 0.181. The zero-order chi connectivity index (χ0) is 34.9. The van der Waals surface area contributed by atoms with Crippen molar-refractivity contribution in [3.8, 4) is 39.4 Å². The van der Waals surface area contributed by atoms with Crippen LogP contribution < -0.4 is 9.64 Å². The number of rotatable bonds is 5. The molecule has 0 radical (unpaired) electrons. The molecule has 248 valence electrons. The molecule has 9 aromatic carbocycles. The first kappa shape index (κ1) is 29.6. The van der Waals surface area contributed by atoms with Gasteiger partial charge in [0.2, 0.25) is 0 Å². The largest absolute Gasteiger partial charge is 0.453 e. The van der Waals surface area contributed by atoms with Crippen LogP contribution in [-0.2, 0) is 0 Å². The fraction of sp³-hybridized carbons (Fsp3) is 0. The maximum atomic E-state index is 6.59. The van der Waals surface area contributed by atoms with E-state index < -0.39 is 0 Å². The predicted octanol–water partition coefficient (Wildman–Crippen LogP) is 14.0. The minimum atomic E-state index is 0.858. The monoisotopic (exact) mass is 676 g/mol. The summed E-state index contributed by atoms with van der Waals surface area (Å²) in [6, 6.07) is 69.7. The number of aromatic nitrogens is 1. The lowest BCUT2D eigenvalue weighted by atomic mass is 9.99. The maximum Gasteiger partial charge on any atom is 0.152 e. The number of anilines is 3. The zero-order valence-electron chi connectivity index (χ0n) is 28.8. The maximum absolute atomic E-state index is 6.59. The number of hydrogen-bond donors (Lipinski definition) is 0. The van der Waals surface area contributed by atoms with Crippen molar-refractivity contribution < 1.29 is 4.74 Å². The van der Waals surface area contributed by atoms with E-state index in [1.165, 1.54) is 49.0 Å². The van der Waals surface area contributed by atoms with Crippen LogP contribution in [0.1, 0.15) is 0 Å². The summed E-state index contributed by atoms with van der Waals surface area (Å²) in [5.74, 6) is 1.74. The van der Waals surface area contributed by atoms with E-state index in [1.54, 1.807) is 0 Å². The summed E-state index contributed by atoms with van der Waals surface area (Å²) in [7, 11) is 0. The van der Waals surface area contributed by atoms with Gasteiger partial charge in [0.1, 0.15) is 0 Å². The molecular weight excluding hydrogens is 645 g/mol. The molecule has 0 amide bonds. The minimum Gasteiger partial charge on any atom is -0.453 e. The zero-order valence-corrected chi connectivity index (χ0v) is 28.8. The first-order valence-electron chi connectivity index (χ1n) is 18.1. The second-order valence-electron chi connectivity index (χ2n) is 13.7. The molecule has 0 bridgehead atoms. The van der Waals surface area contributed by atoms with Gasteiger partial charge in [-0.15, -0.1) is 0 Å². The molecule has 11 rings (SSSR count). The fourth-order valence-corrected chi connectivity index (χ4v) is 8.28. The fourth-order valence-electron chi connectivity index (χ4n) is 8.28. The molecule has 1 aliphatic heterocycles. The number of nitrogens with zero attached hydrogens (tertiary/aromatic N) is 2. The average Bonchev–Trinajstić information content (AvgIpc) is 3.57. The molecule has 10 aromatic rings. The molecule has 1 aliphatic rings. The molecule has 1 aromatic heterocycles. The van der Waals surface area contributed by atoms with Crippen molar-refractivity contribution in [3.05, 3.63) is 194 Å². The SMILES string of the molecule is c1cc2c(c(-c3ccc(N(c4ccc(-c5ccc6ccccc6c5)cc4)c4cccc5ccccc45)cc3)c1)-n1c3ccccc3c3cccc(c31)O2. The Kier molecular flexibility index (Phi) is 6.55. The molecule has 0 fully saturated rings. The molecule has 0 saturated carbocycles. The number of ether oxygens (including phenoxy) is 1. The number of benzene rings is 9. The molecule has 3 nitrogen and oxygen atoms in total. The van der Waals surface area contributed by atoms with Crippen molar-refractivity contribution in [1.82, 2.24) is 4.57 Å². The third-order valence-electron chi connectivity index (χ3n) is 10.8. The molecule has 2 heterocycles. The van der Waals surface area contributed by atoms with Gasteiger partial charge in [0.25, 0.3) is 0 Å². The van der Waals surface area contributed by atoms with E-state index >= 15 is 0 Å². The van der Waals surface area contributed by atoms with Crippen molar-refractivity contribution >= 4 is 60.4 Å². The second kappa shape index (κ2) is 11.7. The molecule has 0 aliphatic carbocycles. The van der Waals surface area contributed by atoms with Crippen LogP contribution >= 0.6 is 0 Å². The van der Waals surface area contributed by atoms with Crippen molar-refractivity contribution in [2.75, 3.05) is 4.90 Å². The van der Waals surface area contributed by atoms with Crippen LogP contribution in [0.25, 0.3) is 71.3 Å². The normalized spacial score (nSPS) is 11.9. The van der Waals surface area contributed by atoms with Crippen LogP contribution in [-0.4, -0.2) is 4.57 Å². The average molecular weight is 677 g/mol. The Labute approximate surface area is 307 Å². The molecule has 3 heteroatoms. The molecule has 0 N–H and O–H groups in total. The van der Waals surface area contributed by atoms with Crippen LogP contribution in [0.4, 0.5) is 17.1 Å². The second-order valence-corrected chi connectivity index (χ2v) is 13.7. The summed E-state index contributed by atoms with van der Waals surface area (Å²) >= 11 is 0. The lowest BCUT2D eigenvalue weighted by Gasteiger charge is -2.27. The highest BCUT2D eigenvalue weighted by Crippen LogP contribution is 2.49. The van der Waals surface area contributed by atoms with Crippen LogP contribution in [0, 0.1) is 0 Å². The van der Waals surface area contributed by atoms with Crippen LogP contribution in [0.5, 0.6) is 11.5 Å². The van der Waals surface area contributed by atoms with E-state index in [4.69, 9.17) is 4.74 Å². The highest BCUT2D eigenvalue weighted by atomic mass is 16.5. The highest BCUT2D eigenvalue weighted by Gasteiger charge is 2.26. The smallest absolute Gasteiger partial charge is 0.152 e. The van der Waals surface area contributed by atoms with Gasteiger partial charge >= 0.3 is 0 Å². The van der Waals surface area contributed by atoms with Crippen molar-refractivity contribution in [3.63, 3.8) is 0 Å². The topological polar surface area (TPSA) is 17.4 Å². The standard InChI is InChI=1S/C50H32N2O/c1-2-12-37-32-38(23-22-33(37)10-1)34-24-28-39(29-25-34)51(45-19-7-13-35-11-3-4-14-41(35)45)40-30-26-36(27-31-40)42-16-8-20-47-49(42)52-46-18-6-5-15-43(46)44-17-9-21-48(53-47)50(44)52/h1-32H. The van der Waals surface area contributed by atoms with Gasteiger partial charge in [-0.25, -0.2) is 0 Å². The van der Waals surface area contributed by atoms with Gasteiger partial charge in [-0.3, -0.25) is 0 Å². The number of fused-ring (bicyclic) bond motifs is 7. The lowest BCUT2D eigenvalue weighted by molar-refractivity contribution is 0.477. The van der Waals surface area contributed by atoms with Gasteiger partial charge < -0.3 is 14.2 Å². The van der Waals surface area contributed by atoms with Crippen molar-refractivity contribution in [2.24, 2.45) is 0 Å². The Balaban J connectivity index is 1.04. The minimum absolute atomic E-state index is 0.858. The summed E-state index contributed by atoms with van der Waals surface area (Å²) < 4.78 is 8.98. The Bertz CT molecular complexity index is 3020. The summed E-state index contributed by atoms with van der Waals surface area (Å²) in [5, 5.41) is 7.34. The van der Waals surface area contributed by atoms with Gasteiger partial charge in [-0.2, -0.15) is 0 Å². The number of hydrogen-bond acceptors (Lipinski definition) is 2. The van der Waals surface area contributed by atoms with Gasteiger partial charge in [0.05, 0.1) is 22.4 Å². The van der Waals surface area contributed by atoms with E-state index in [9.17, 15) is 0 Å². The lowest BCUT2D eigenvalue weighted by Crippen LogP contribution is -2.10. The van der Waals surface area contributed by atoms with E-state index in [1.807, 2.05) is 0 Å². The molecule has 0 atom stereocenters. The summed E-state index contributed by atoms with van der Waals surface area (Å²) in [5.41, 5.74) is 11.3. The van der Waals surface area contributed by atoms with Crippen molar-refractivity contribution in [2.45, 2.75) is 0 Å². The Morgan fingerprint density at radius 3 is 1.83 bits per heavy atom. The van der Waals surface area contributed by atoms with Gasteiger partial charge in [0.15, 0.2) is 11.5 Å². The van der Waals surface area contributed by atoms with E-state index in [0.717, 1.165) is 50.9 Å². The molecular formula is C50H32N2O. The highest BCUT2D eigenvalue weighted by molar-refractivity contribution is 6.12. The van der Waals surface area contributed by atoms with Gasteiger partial charge in [0, 0.05) is 33.1 Å². The summed E-state index contributed by atoms with van der Waals surface area (Å²) in [4.78, 5) is 2.37. The number of para-hydroxylation sites is 3. The Morgan fingerprint density at radius 1 is 0.396 bits per heavy atom. The molecule has 0 spiro atoms. The molecule has 53 heavy (non-hydrogen) atoms. The molecule has 0 unspecified atom stereocenters. The Hall–Kier alpha value is -7.10. The van der Waals surface area contributed by atoms with E-state index in [0.29, 0.717) is 0 Å². The third kappa shape index (κ3) is 4.68. The third-order valence-corrected chi connectivity index (χ3v) is 10.8. The molecule has 0 saturated heterocycles. The first-order chi connectivity index (χ1) is 26.3. The van der Waals surface area contributed by atoms with Crippen LogP contribution in [0.2, 0.25) is 0 Å². The van der Waals surface area contributed by atoms with Gasteiger partial charge in [-0.05, 0) is 87.4 Å². The summed E-state index contributed by atoms with van der Waals surface area (Å²) in [6.07, 6.45) is 0. The van der Waals surface area contributed by atoms with Crippen LogP contribution in [0.15, 0.2) is 194 Å². The van der Waals surface area contributed by atoms with E-state index in [-0.39, 0.29) is 0 Å². The predicted molar refractivity (Wildman–Crippen MR) is 221 cm³/mol. The first-order valence-corrected chi connectivity index (χ1v) is 18.1. The summed E-state index contributed by atoms with van der Waals surface area (Å²) in [6.45, 7) is 0. The Morgan fingerprint density at radius 2 is 1.00 bits per heavy atom. The van der Waals surface area contributed by atoms with Crippen LogP contribution in [0.3, 0.4) is 0 Å².